The number of hydrogen-bond acceptors (Lipinski definition) is 3. The minimum absolute atomic E-state index is 0.619. The number of oxazole rings is 1. The monoisotopic (exact) mass is 346 g/mol. The number of benzene rings is 3. The molecule has 0 spiro atoms. The van der Waals surface area contributed by atoms with Gasteiger partial charge in [0.1, 0.15) is 5.52 Å². The lowest BCUT2D eigenvalue weighted by Gasteiger charge is -1.95. The fourth-order valence-corrected chi connectivity index (χ4v) is 2.64. The third kappa shape index (κ3) is 3.47. The van der Waals surface area contributed by atoms with Crippen LogP contribution in [0, 0.1) is 6.92 Å². The van der Waals surface area contributed by atoms with Gasteiger partial charge in [-0.15, -0.1) is 0 Å². The zero-order chi connectivity index (χ0) is 17.2. The van der Waals surface area contributed by atoms with E-state index in [1.54, 1.807) is 6.21 Å². The van der Waals surface area contributed by atoms with Crippen molar-refractivity contribution in [2.75, 3.05) is 0 Å². The molecule has 0 fully saturated rings. The van der Waals surface area contributed by atoms with Crippen LogP contribution in [-0.2, 0) is 0 Å². The maximum absolute atomic E-state index is 5.90. The molecule has 0 aliphatic heterocycles. The summed E-state index contributed by atoms with van der Waals surface area (Å²) in [6.07, 6.45) is 1.80. The number of aromatic nitrogens is 1. The van der Waals surface area contributed by atoms with E-state index in [-0.39, 0.29) is 0 Å². The Bertz CT molecular complexity index is 1050. The largest absolute Gasteiger partial charge is 0.436 e. The molecule has 0 saturated heterocycles. The van der Waals surface area contributed by atoms with Gasteiger partial charge < -0.3 is 4.42 Å². The number of rotatable bonds is 3. The molecule has 122 valence electrons. The molecule has 0 unspecified atom stereocenters. The molecular weight excluding hydrogens is 332 g/mol. The maximum atomic E-state index is 5.90. The molecule has 4 aromatic rings. The molecule has 1 aromatic heterocycles. The Hall–Kier alpha value is -2.91. The smallest absolute Gasteiger partial charge is 0.227 e. The molecule has 4 rings (SSSR count). The standard InChI is InChI=1S/C21H15ClN2O/c1-14-2-6-16(7-3-14)21-24-19-11-10-18(12-20(19)25-21)23-13-15-4-8-17(22)9-5-15/h2-13H,1H3. The van der Waals surface area contributed by atoms with E-state index in [4.69, 9.17) is 16.0 Å². The molecule has 4 heteroatoms. The van der Waals surface area contributed by atoms with Gasteiger partial charge in [0.15, 0.2) is 5.58 Å². The third-order valence-corrected chi connectivity index (χ3v) is 4.16. The SMILES string of the molecule is Cc1ccc(-c2nc3ccc(N=Cc4ccc(Cl)cc4)cc3o2)cc1. The maximum Gasteiger partial charge on any atom is 0.227 e. The molecule has 0 atom stereocenters. The molecule has 25 heavy (non-hydrogen) atoms. The molecule has 0 aliphatic carbocycles. The minimum Gasteiger partial charge on any atom is -0.436 e. The van der Waals surface area contributed by atoms with Gasteiger partial charge in [-0.25, -0.2) is 4.98 Å². The summed E-state index contributed by atoms with van der Waals surface area (Å²) in [4.78, 5) is 9.04. The van der Waals surface area contributed by atoms with Crippen LogP contribution in [-0.4, -0.2) is 11.2 Å². The third-order valence-electron chi connectivity index (χ3n) is 3.90. The first-order valence-corrected chi connectivity index (χ1v) is 8.32. The van der Waals surface area contributed by atoms with Crippen LogP contribution in [0.25, 0.3) is 22.6 Å². The lowest BCUT2D eigenvalue weighted by atomic mass is 10.1. The molecule has 0 bridgehead atoms. The Morgan fingerprint density at radius 3 is 2.48 bits per heavy atom. The van der Waals surface area contributed by atoms with Crippen molar-refractivity contribution in [1.29, 1.82) is 0 Å². The van der Waals surface area contributed by atoms with E-state index in [0.717, 1.165) is 27.9 Å². The van der Waals surface area contributed by atoms with Crippen LogP contribution in [0.5, 0.6) is 0 Å². The van der Waals surface area contributed by atoms with Crippen LogP contribution in [0.15, 0.2) is 76.1 Å². The molecule has 0 saturated carbocycles. The second kappa shape index (κ2) is 6.54. The van der Waals surface area contributed by atoms with E-state index in [9.17, 15) is 0 Å². The summed E-state index contributed by atoms with van der Waals surface area (Å²) in [6.45, 7) is 2.06. The fraction of sp³-hybridized carbons (Fsp3) is 0.0476. The lowest BCUT2D eigenvalue weighted by molar-refractivity contribution is 0.620. The highest BCUT2D eigenvalue weighted by molar-refractivity contribution is 6.30. The summed E-state index contributed by atoms with van der Waals surface area (Å²) in [5.41, 5.74) is 5.52. The quantitative estimate of drug-likeness (QED) is 0.414. The van der Waals surface area contributed by atoms with Crippen LogP contribution < -0.4 is 0 Å². The highest BCUT2D eigenvalue weighted by Gasteiger charge is 2.08. The predicted octanol–water partition coefficient (Wildman–Crippen LogP) is 6.21. The second-order valence-corrected chi connectivity index (χ2v) is 6.28. The number of aryl methyl sites for hydroxylation is 1. The zero-order valence-corrected chi connectivity index (χ0v) is 14.4. The van der Waals surface area contributed by atoms with Crippen molar-refractivity contribution in [2.45, 2.75) is 6.92 Å². The summed E-state index contributed by atoms with van der Waals surface area (Å²) in [6, 6.07) is 21.4. The average Bonchev–Trinajstić information content (AvgIpc) is 3.05. The minimum atomic E-state index is 0.619. The van der Waals surface area contributed by atoms with Gasteiger partial charge in [0.25, 0.3) is 0 Å². The summed E-state index contributed by atoms with van der Waals surface area (Å²) >= 11 is 5.89. The molecule has 1 heterocycles. The fourth-order valence-electron chi connectivity index (χ4n) is 2.51. The Morgan fingerprint density at radius 1 is 0.960 bits per heavy atom. The molecule has 3 aromatic carbocycles. The Kier molecular flexibility index (Phi) is 4.08. The summed E-state index contributed by atoms with van der Waals surface area (Å²) in [5.74, 6) is 0.619. The zero-order valence-electron chi connectivity index (χ0n) is 13.6. The lowest BCUT2D eigenvalue weighted by Crippen LogP contribution is -1.79. The van der Waals surface area contributed by atoms with Crippen molar-refractivity contribution in [1.82, 2.24) is 4.98 Å². The van der Waals surface area contributed by atoms with Crippen LogP contribution in [0.1, 0.15) is 11.1 Å². The van der Waals surface area contributed by atoms with E-state index < -0.39 is 0 Å². The molecule has 0 amide bonds. The van der Waals surface area contributed by atoms with Gasteiger partial charge in [0.2, 0.25) is 5.89 Å². The van der Waals surface area contributed by atoms with Gasteiger partial charge in [-0.2, -0.15) is 0 Å². The highest BCUT2D eigenvalue weighted by atomic mass is 35.5. The van der Waals surface area contributed by atoms with Crippen LogP contribution >= 0.6 is 11.6 Å². The molecule has 3 nitrogen and oxygen atoms in total. The molecule has 0 N–H and O–H groups in total. The van der Waals surface area contributed by atoms with Crippen LogP contribution in [0.4, 0.5) is 5.69 Å². The highest BCUT2D eigenvalue weighted by Crippen LogP contribution is 2.27. The Labute approximate surface area is 150 Å². The summed E-state index contributed by atoms with van der Waals surface area (Å²) in [7, 11) is 0. The van der Waals surface area contributed by atoms with Gasteiger partial charge in [0.05, 0.1) is 5.69 Å². The van der Waals surface area contributed by atoms with Crippen LogP contribution in [0.2, 0.25) is 5.02 Å². The van der Waals surface area contributed by atoms with Gasteiger partial charge in [-0.3, -0.25) is 4.99 Å². The molecule has 0 aliphatic rings. The van der Waals surface area contributed by atoms with E-state index in [0.29, 0.717) is 10.9 Å². The topological polar surface area (TPSA) is 38.4 Å². The van der Waals surface area contributed by atoms with Crippen molar-refractivity contribution in [3.8, 4) is 11.5 Å². The van der Waals surface area contributed by atoms with Crippen molar-refractivity contribution in [3.63, 3.8) is 0 Å². The van der Waals surface area contributed by atoms with Gasteiger partial charge in [-0.05, 0) is 48.9 Å². The number of aliphatic imine (C=N–C) groups is 1. The number of halogens is 1. The molecule has 0 radical (unpaired) electrons. The van der Waals surface area contributed by atoms with E-state index in [2.05, 4.69) is 16.9 Å². The van der Waals surface area contributed by atoms with Gasteiger partial charge in [-0.1, -0.05) is 41.4 Å². The van der Waals surface area contributed by atoms with Crippen molar-refractivity contribution in [3.05, 3.63) is 82.9 Å². The normalized spacial score (nSPS) is 11.4. The number of nitrogens with zero attached hydrogens (tertiary/aromatic N) is 2. The number of fused-ring (bicyclic) bond motifs is 1. The van der Waals surface area contributed by atoms with Crippen LogP contribution in [0.3, 0.4) is 0 Å². The Balaban J connectivity index is 1.63. The number of hydrogen-bond donors (Lipinski definition) is 0. The predicted molar refractivity (Wildman–Crippen MR) is 103 cm³/mol. The van der Waals surface area contributed by atoms with E-state index in [1.165, 1.54) is 5.56 Å². The summed E-state index contributed by atoms with van der Waals surface area (Å²) in [5, 5.41) is 0.712. The van der Waals surface area contributed by atoms with Crippen molar-refractivity contribution >= 4 is 34.6 Å². The van der Waals surface area contributed by atoms with Crippen molar-refractivity contribution in [2.24, 2.45) is 4.99 Å². The second-order valence-electron chi connectivity index (χ2n) is 5.85. The Morgan fingerprint density at radius 2 is 1.72 bits per heavy atom. The van der Waals surface area contributed by atoms with Gasteiger partial charge in [0, 0.05) is 22.9 Å². The summed E-state index contributed by atoms with van der Waals surface area (Å²) < 4.78 is 5.90. The van der Waals surface area contributed by atoms with Crippen molar-refractivity contribution < 1.29 is 4.42 Å². The first-order valence-electron chi connectivity index (χ1n) is 7.95. The first kappa shape index (κ1) is 15.6. The van der Waals surface area contributed by atoms with E-state index in [1.807, 2.05) is 66.7 Å². The average molecular weight is 347 g/mol. The molecular formula is C21H15ClN2O. The van der Waals surface area contributed by atoms with E-state index >= 15 is 0 Å². The first-order chi connectivity index (χ1) is 12.2. The van der Waals surface area contributed by atoms with Gasteiger partial charge >= 0.3 is 0 Å².